The standard InChI is InChI=1S/C14H22N2/c1-3-14(7-4-5-8-14)11-16-13-6-9-15-10-12(13)2/h6,9-10H,3-5,7-8,11H2,1-2H3,(H,15,16). The van der Waals surface area contributed by atoms with Gasteiger partial charge < -0.3 is 5.32 Å². The van der Waals surface area contributed by atoms with E-state index in [4.69, 9.17) is 0 Å². The minimum absolute atomic E-state index is 0.551. The molecule has 2 nitrogen and oxygen atoms in total. The monoisotopic (exact) mass is 218 g/mol. The minimum atomic E-state index is 0.551. The van der Waals surface area contributed by atoms with E-state index in [2.05, 4.69) is 30.2 Å². The summed E-state index contributed by atoms with van der Waals surface area (Å²) in [6.07, 6.45) is 10.7. The van der Waals surface area contributed by atoms with Gasteiger partial charge in [0.1, 0.15) is 0 Å². The van der Waals surface area contributed by atoms with E-state index >= 15 is 0 Å². The van der Waals surface area contributed by atoms with Gasteiger partial charge in [0.05, 0.1) is 0 Å². The fourth-order valence-electron chi connectivity index (χ4n) is 2.73. The molecule has 88 valence electrons. The highest BCUT2D eigenvalue weighted by Gasteiger charge is 2.31. The van der Waals surface area contributed by atoms with E-state index in [-0.39, 0.29) is 0 Å². The maximum atomic E-state index is 4.12. The third-order valence-electron chi connectivity index (χ3n) is 4.09. The van der Waals surface area contributed by atoms with Gasteiger partial charge in [-0.15, -0.1) is 0 Å². The van der Waals surface area contributed by atoms with Crippen molar-refractivity contribution in [1.29, 1.82) is 0 Å². The maximum Gasteiger partial charge on any atom is 0.0400 e. The molecule has 1 aromatic rings. The maximum absolute atomic E-state index is 4.12. The topological polar surface area (TPSA) is 24.9 Å². The van der Waals surface area contributed by atoms with Crippen LogP contribution in [0.2, 0.25) is 0 Å². The molecule has 0 amide bonds. The number of hydrogen-bond donors (Lipinski definition) is 1. The lowest BCUT2D eigenvalue weighted by Gasteiger charge is -2.28. The van der Waals surface area contributed by atoms with Crippen LogP contribution in [0.4, 0.5) is 5.69 Å². The number of aryl methyl sites for hydroxylation is 1. The number of nitrogens with one attached hydrogen (secondary N) is 1. The highest BCUT2D eigenvalue weighted by molar-refractivity contribution is 5.48. The normalized spacial score (nSPS) is 18.6. The molecule has 0 aromatic carbocycles. The first kappa shape index (κ1) is 11.4. The van der Waals surface area contributed by atoms with E-state index in [0.717, 1.165) is 6.54 Å². The summed E-state index contributed by atoms with van der Waals surface area (Å²) in [5.41, 5.74) is 3.04. The quantitative estimate of drug-likeness (QED) is 0.832. The molecular weight excluding hydrogens is 196 g/mol. The molecule has 16 heavy (non-hydrogen) atoms. The molecule has 1 N–H and O–H groups in total. The molecule has 0 saturated heterocycles. The zero-order valence-corrected chi connectivity index (χ0v) is 10.4. The summed E-state index contributed by atoms with van der Waals surface area (Å²) in [6.45, 7) is 5.56. The van der Waals surface area contributed by atoms with Crippen molar-refractivity contribution in [2.24, 2.45) is 5.41 Å². The molecule has 0 unspecified atom stereocenters. The van der Waals surface area contributed by atoms with Gasteiger partial charge in [0.25, 0.3) is 0 Å². The first-order valence-electron chi connectivity index (χ1n) is 6.40. The second-order valence-corrected chi connectivity index (χ2v) is 5.10. The zero-order chi connectivity index (χ0) is 11.4. The molecule has 0 atom stereocenters. The van der Waals surface area contributed by atoms with Gasteiger partial charge in [-0.3, -0.25) is 4.98 Å². The first-order valence-corrected chi connectivity index (χ1v) is 6.40. The Bertz CT molecular complexity index is 340. The summed E-state index contributed by atoms with van der Waals surface area (Å²) < 4.78 is 0. The Morgan fingerprint density at radius 3 is 2.75 bits per heavy atom. The highest BCUT2D eigenvalue weighted by atomic mass is 14.9. The Morgan fingerprint density at radius 2 is 2.12 bits per heavy atom. The van der Waals surface area contributed by atoms with Crippen LogP contribution in [0.5, 0.6) is 0 Å². The van der Waals surface area contributed by atoms with Crippen LogP contribution in [0.1, 0.15) is 44.6 Å². The largest absolute Gasteiger partial charge is 0.384 e. The fraction of sp³-hybridized carbons (Fsp3) is 0.643. The van der Waals surface area contributed by atoms with Crippen LogP contribution < -0.4 is 5.32 Å². The predicted molar refractivity (Wildman–Crippen MR) is 68.7 cm³/mol. The van der Waals surface area contributed by atoms with Crippen molar-refractivity contribution in [3.05, 3.63) is 24.0 Å². The van der Waals surface area contributed by atoms with E-state index in [9.17, 15) is 0 Å². The minimum Gasteiger partial charge on any atom is -0.384 e. The molecule has 1 aromatic heterocycles. The number of anilines is 1. The molecule has 1 saturated carbocycles. The third-order valence-corrected chi connectivity index (χ3v) is 4.09. The van der Waals surface area contributed by atoms with Gasteiger partial charge in [-0.25, -0.2) is 0 Å². The SMILES string of the molecule is CCC1(CNc2ccncc2C)CCCC1. The molecule has 0 spiro atoms. The van der Waals surface area contributed by atoms with Crippen molar-refractivity contribution < 1.29 is 0 Å². The molecular formula is C14H22N2. The van der Waals surface area contributed by atoms with E-state index < -0.39 is 0 Å². The summed E-state index contributed by atoms with van der Waals surface area (Å²) in [5, 5.41) is 3.61. The van der Waals surface area contributed by atoms with Crippen molar-refractivity contribution in [1.82, 2.24) is 4.98 Å². The Hall–Kier alpha value is -1.05. The number of nitrogens with zero attached hydrogens (tertiary/aromatic N) is 1. The molecule has 1 fully saturated rings. The average Bonchev–Trinajstić information content (AvgIpc) is 2.78. The Kier molecular flexibility index (Phi) is 3.47. The number of rotatable bonds is 4. The summed E-state index contributed by atoms with van der Waals surface area (Å²) in [7, 11) is 0. The summed E-state index contributed by atoms with van der Waals surface area (Å²) in [4.78, 5) is 4.12. The fourth-order valence-corrected chi connectivity index (χ4v) is 2.73. The van der Waals surface area contributed by atoms with Crippen LogP contribution in [0, 0.1) is 12.3 Å². The van der Waals surface area contributed by atoms with Crippen LogP contribution in [-0.2, 0) is 0 Å². The molecule has 2 rings (SSSR count). The molecule has 1 aliphatic rings. The molecule has 0 aliphatic heterocycles. The summed E-state index contributed by atoms with van der Waals surface area (Å²) in [6, 6.07) is 2.08. The summed E-state index contributed by atoms with van der Waals surface area (Å²) in [5.74, 6) is 0. The van der Waals surface area contributed by atoms with Crippen LogP contribution in [0.3, 0.4) is 0 Å². The van der Waals surface area contributed by atoms with Crippen molar-refractivity contribution in [2.45, 2.75) is 46.0 Å². The smallest absolute Gasteiger partial charge is 0.0400 e. The Morgan fingerprint density at radius 1 is 1.38 bits per heavy atom. The molecule has 0 radical (unpaired) electrons. The number of aromatic nitrogens is 1. The van der Waals surface area contributed by atoms with Crippen LogP contribution in [-0.4, -0.2) is 11.5 Å². The van der Waals surface area contributed by atoms with Crippen molar-refractivity contribution in [3.8, 4) is 0 Å². The highest BCUT2D eigenvalue weighted by Crippen LogP contribution is 2.41. The van der Waals surface area contributed by atoms with E-state index in [1.807, 2.05) is 12.4 Å². The molecule has 1 aliphatic carbocycles. The Balaban J connectivity index is 1.98. The molecule has 1 heterocycles. The third kappa shape index (κ3) is 2.37. The lowest BCUT2D eigenvalue weighted by molar-refractivity contribution is 0.307. The second kappa shape index (κ2) is 4.86. The lowest BCUT2D eigenvalue weighted by Crippen LogP contribution is -2.26. The van der Waals surface area contributed by atoms with Crippen LogP contribution >= 0.6 is 0 Å². The van der Waals surface area contributed by atoms with Crippen molar-refractivity contribution in [2.75, 3.05) is 11.9 Å². The van der Waals surface area contributed by atoms with Crippen molar-refractivity contribution >= 4 is 5.69 Å². The van der Waals surface area contributed by atoms with Gasteiger partial charge >= 0.3 is 0 Å². The summed E-state index contributed by atoms with van der Waals surface area (Å²) >= 11 is 0. The predicted octanol–water partition coefficient (Wildman–Crippen LogP) is 3.77. The number of pyridine rings is 1. The second-order valence-electron chi connectivity index (χ2n) is 5.10. The van der Waals surface area contributed by atoms with Crippen molar-refractivity contribution in [3.63, 3.8) is 0 Å². The zero-order valence-electron chi connectivity index (χ0n) is 10.4. The van der Waals surface area contributed by atoms with Gasteiger partial charge in [-0.1, -0.05) is 19.8 Å². The average molecular weight is 218 g/mol. The Labute approximate surface area is 98.5 Å². The van der Waals surface area contributed by atoms with Gasteiger partial charge in [0.2, 0.25) is 0 Å². The van der Waals surface area contributed by atoms with Gasteiger partial charge in [-0.2, -0.15) is 0 Å². The van der Waals surface area contributed by atoms with E-state index in [1.165, 1.54) is 43.4 Å². The number of hydrogen-bond acceptors (Lipinski definition) is 2. The first-order chi connectivity index (χ1) is 7.76. The van der Waals surface area contributed by atoms with Gasteiger partial charge in [-0.05, 0) is 43.2 Å². The lowest BCUT2D eigenvalue weighted by atomic mass is 9.83. The van der Waals surface area contributed by atoms with E-state index in [1.54, 1.807) is 0 Å². The van der Waals surface area contributed by atoms with Crippen LogP contribution in [0.15, 0.2) is 18.5 Å². The van der Waals surface area contributed by atoms with Gasteiger partial charge in [0, 0.05) is 24.6 Å². The van der Waals surface area contributed by atoms with Crippen LogP contribution in [0.25, 0.3) is 0 Å². The molecule has 2 heteroatoms. The molecule has 0 bridgehead atoms. The van der Waals surface area contributed by atoms with E-state index in [0.29, 0.717) is 5.41 Å². The van der Waals surface area contributed by atoms with Gasteiger partial charge in [0.15, 0.2) is 0 Å².